The van der Waals surface area contributed by atoms with Crippen LogP contribution in [0.2, 0.25) is 0 Å². The quantitative estimate of drug-likeness (QED) is 0.744. The summed E-state index contributed by atoms with van der Waals surface area (Å²) in [5.74, 6) is 0.217. The third kappa shape index (κ3) is 5.75. The number of hydrogen-bond donors (Lipinski definition) is 2. The highest BCUT2D eigenvalue weighted by molar-refractivity contribution is 5.89. The molecule has 0 heterocycles. The average molecular weight is 265 g/mol. The Morgan fingerprint density at radius 2 is 1.89 bits per heavy atom. The number of benzene rings is 1. The number of esters is 1. The second-order valence-corrected chi connectivity index (χ2v) is 5.07. The van der Waals surface area contributed by atoms with Gasteiger partial charge in [-0.2, -0.15) is 0 Å². The van der Waals surface area contributed by atoms with E-state index in [0.717, 1.165) is 12.1 Å². The largest absolute Gasteiger partial charge is 0.459 e. The molecular weight excluding hydrogens is 242 g/mol. The van der Waals surface area contributed by atoms with Crippen molar-refractivity contribution in [1.29, 1.82) is 0 Å². The lowest BCUT2D eigenvalue weighted by Gasteiger charge is -2.15. The number of ether oxygens (including phenoxy) is 1. The standard InChI is InChI=1S/C15H23NO3/c1-11(2)10-12(3)19-15(18)13-4-6-14(7-5-13)16-8-9-17/h4-7,11-12,16-17H,8-10H2,1-3H3. The molecule has 19 heavy (non-hydrogen) atoms. The first-order chi connectivity index (χ1) is 9.02. The summed E-state index contributed by atoms with van der Waals surface area (Å²) in [5, 5.41) is 11.7. The zero-order chi connectivity index (χ0) is 14.3. The molecule has 0 spiro atoms. The van der Waals surface area contributed by atoms with Crippen LogP contribution in [-0.2, 0) is 4.74 Å². The van der Waals surface area contributed by atoms with Crippen LogP contribution >= 0.6 is 0 Å². The molecule has 0 aliphatic heterocycles. The lowest BCUT2D eigenvalue weighted by Crippen LogP contribution is -2.17. The third-order valence-electron chi connectivity index (χ3n) is 2.67. The van der Waals surface area contributed by atoms with E-state index >= 15 is 0 Å². The molecule has 2 N–H and O–H groups in total. The summed E-state index contributed by atoms with van der Waals surface area (Å²) in [6, 6.07) is 7.06. The minimum Gasteiger partial charge on any atom is -0.459 e. The molecule has 106 valence electrons. The molecule has 0 fully saturated rings. The van der Waals surface area contributed by atoms with Crippen molar-refractivity contribution >= 4 is 11.7 Å². The van der Waals surface area contributed by atoms with E-state index in [0.29, 0.717) is 18.0 Å². The Bertz CT molecular complexity index is 387. The van der Waals surface area contributed by atoms with Crippen molar-refractivity contribution in [2.45, 2.75) is 33.3 Å². The lowest BCUT2D eigenvalue weighted by molar-refractivity contribution is 0.0299. The van der Waals surface area contributed by atoms with Crippen LogP contribution in [-0.4, -0.2) is 30.3 Å². The summed E-state index contributed by atoms with van der Waals surface area (Å²) in [7, 11) is 0. The zero-order valence-corrected chi connectivity index (χ0v) is 11.8. The second-order valence-electron chi connectivity index (χ2n) is 5.07. The van der Waals surface area contributed by atoms with Gasteiger partial charge in [0.1, 0.15) is 0 Å². The minimum atomic E-state index is -0.290. The van der Waals surface area contributed by atoms with Crippen molar-refractivity contribution in [2.75, 3.05) is 18.5 Å². The van der Waals surface area contributed by atoms with Crippen molar-refractivity contribution in [3.63, 3.8) is 0 Å². The van der Waals surface area contributed by atoms with Crippen LogP contribution in [0.15, 0.2) is 24.3 Å². The predicted molar refractivity (Wildman–Crippen MR) is 76.4 cm³/mol. The van der Waals surface area contributed by atoms with Gasteiger partial charge >= 0.3 is 5.97 Å². The number of aliphatic hydroxyl groups is 1. The SMILES string of the molecule is CC(C)CC(C)OC(=O)c1ccc(NCCO)cc1. The fourth-order valence-electron chi connectivity index (χ4n) is 1.89. The highest BCUT2D eigenvalue weighted by Gasteiger charge is 2.13. The Balaban J connectivity index is 2.53. The van der Waals surface area contributed by atoms with E-state index in [2.05, 4.69) is 19.2 Å². The van der Waals surface area contributed by atoms with Gasteiger partial charge in [-0.25, -0.2) is 4.79 Å². The monoisotopic (exact) mass is 265 g/mol. The molecule has 0 aliphatic rings. The number of anilines is 1. The maximum Gasteiger partial charge on any atom is 0.338 e. The maximum atomic E-state index is 11.9. The van der Waals surface area contributed by atoms with Gasteiger partial charge in [0.25, 0.3) is 0 Å². The van der Waals surface area contributed by atoms with E-state index in [1.54, 1.807) is 24.3 Å². The first-order valence-electron chi connectivity index (χ1n) is 6.68. The summed E-state index contributed by atoms with van der Waals surface area (Å²) in [6.07, 6.45) is 0.793. The van der Waals surface area contributed by atoms with Crippen LogP contribution in [0.1, 0.15) is 37.6 Å². The smallest absolute Gasteiger partial charge is 0.338 e. The summed E-state index contributed by atoms with van der Waals surface area (Å²) in [5.41, 5.74) is 1.42. The zero-order valence-electron chi connectivity index (χ0n) is 11.8. The number of nitrogens with one attached hydrogen (secondary N) is 1. The summed E-state index contributed by atoms with van der Waals surface area (Å²) in [4.78, 5) is 11.9. The number of carbonyl (C=O) groups is 1. The van der Waals surface area contributed by atoms with E-state index in [1.165, 1.54) is 0 Å². The molecule has 1 unspecified atom stereocenters. The topological polar surface area (TPSA) is 58.6 Å². The molecule has 1 atom stereocenters. The van der Waals surface area contributed by atoms with Crippen LogP contribution in [0.5, 0.6) is 0 Å². The molecule has 1 aromatic carbocycles. The number of carbonyl (C=O) groups excluding carboxylic acids is 1. The van der Waals surface area contributed by atoms with Gasteiger partial charge in [0, 0.05) is 12.2 Å². The molecule has 4 heteroatoms. The molecule has 1 rings (SSSR count). The Hall–Kier alpha value is -1.55. The van der Waals surface area contributed by atoms with E-state index in [1.807, 2.05) is 6.92 Å². The normalized spacial score (nSPS) is 12.3. The van der Waals surface area contributed by atoms with E-state index in [-0.39, 0.29) is 18.7 Å². The van der Waals surface area contributed by atoms with Crippen molar-refractivity contribution < 1.29 is 14.6 Å². The maximum absolute atomic E-state index is 11.9. The number of hydrogen-bond acceptors (Lipinski definition) is 4. The van der Waals surface area contributed by atoms with Gasteiger partial charge in [-0.1, -0.05) is 13.8 Å². The summed E-state index contributed by atoms with van der Waals surface area (Å²) < 4.78 is 5.37. The van der Waals surface area contributed by atoms with Crippen LogP contribution in [0, 0.1) is 5.92 Å². The van der Waals surface area contributed by atoms with Crippen molar-refractivity contribution in [3.05, 3.63) is 29.8 Å². The number of aliphatic hydroxyl groups excluding tert-OH is 1. The summed E-state index contributed by atoms with van der Waals surface area (Å²) in [6.45, 7) is 6.69. The fraction of sp³-hybridized carbons (Fsp3) is 0.533. The van der Waals surface area contributed by atoms with Crippen LogP contribution in [0.25, 0.3) is 0 Å². The van der Waals surface area contributed by atoms with Crippen LogP contribution < -0.4 is 5.32 Å². The van der Waals surface area contributed by atoms with Crippen molar-refractivity contribution in [1.82, 2.24) is 0 Å². The molecule has 0 bridgehead atoms. The lowest BCUT2D eigenvalue weighted by atomic mass is 10.1. The summed E-state index contributed by atoms with van der Waals surface area (Å²) >= 11 is 0. The first-order valence-corrected chi connectivity index (χ1v) is 6.68. The molecular formula is C15H23NO3. The van der Waals surface area contributed by atoms with Gasteiger partial charge in [0.15, 0.2) is 0 Å². The van der Waals surface area contributed by atoms with Gasteiger partial charge in [-0.3, -0.25) is 0 Å². The van der Waals surface area contributed by atoms with E-state index in [9.17, 15) is 4.79 Å². The fourth-order valence-corrected chi connectivity index (χ4v) is 1.89. The number of rotatable bonds is 7. The van der Waals surface area contributed by atoms with Gasteiger partial charge in [0.2, 0.25) is 0 Å². The first kappa shape index (κ1) is 15.5. The Morgan fingerprint density at radius 3 is 2.42 bits per heavy atom. The van der Waals surface area contributed by atoms with Crippen LogP contribution in [0.3, 0.4) is 0 Å². The van der Waals surface area contributed by atoms with Gasteiger partial charge in [0.05, 0.1) is 18.3 Å². The van der Waals surface area contributed by atoms with Gasteiger partial charge in [-0.15, -0.1) is 0 Å². The highest BCUT2D eigenvalue weighted by Crippen LogP contribution is 2.13. The second kappa shape index (κ2) is 7.79. The Kier molecular flexibility index (Phi) is 6.36. The van der Waals surface area contributed by atoms with Crippen molar-refractivity contribution in [2.24, 2.45) is 5.92 Å². The molecule has 0 saturated carbocycles. The molecule has 4 nitrogen and oxygen atoms in total. The predicted octanol–water partition coefficient (Wildman–Crippen LogP) is 2.68. The molecule has 0 aliphatic carbocycles. The van der Waals surface area contributed by atoms with E-state index < -0.39 is 0 Å². The molecule has 0 aromatic heterocycles. The Labute approximate surface area is 114 Å². The highest BCUT2D eigenvalue weighted by atomic mass is 16.5. The molecule has 0 amide bonds. The van der Waals surface area contributed by atoms with Gasteiger partial charge < -0.3 is 15.2 Å². The molecule has 1 aromatic rings. The molecule has 0 saturated heterocycles. The third-order valence-corrected chi connectivity index (χ3v) is 2.67. The average Bonchev–Trinajstić information content (AvgIpc) is 2.35. The van der Waals surface area contributed by atoms with Crippen LogP contribution in [0.4, 0.5) is 5.69 Å². The molecule has 0 radical (unpaired) electrons. The minimum absolute atomic E-state index is 0.0697. The Morgan fingerprint density at radius 1 is 1.26 bits per heavy atom. The van der Waals surface area contributed by atoms with E-state index in [4.69, 9.17) is 9.84 Å². The van der Waals surface area contributed by atoms with Crippen molar-refractivity contribution in [3.8, 4) is 0 Å². The van der Waals surface area contributed by atoms with Gasteiger partial charge in [-0.05, 0) is 43.5 Å².